The summed E-state index contributed by atoms with van der Waals surface area (Å²) in [5.74, 6) is 0. The normalized spacial score (nSPS) is 12.1. The average molecular weight is 162 g/mol. The van der Waals surface area contributed by atoms with Gasteiger partial charge >= 0.3 is 0 Å². The molecule has 0 saturated heterocycles. The Morgan fingerprint density at radius 1 is 1.17 bits per heavy atom. The molecule has 0 spiro atoms. The zero-order chi connectivity index (χ0) is 9.19. The van der Waals surface area contributed by atoms with Crippen LogP contribution in [-0.4, -0.2) is 19.0 Å². The van der Waals surface area contributed by atoms with E-state index in [1.165, 1.54) is 5.56 Å². The molecule has 0 amide bonds. The third kappa shape index (κ3) is 1.67. The summed E-state index contributed by atoms with van der Waals surface area (Å²) >= 11 is 0. The van der Waals surface area contributed by atoms with Crippen LogP contribution in [0, 0.1) is 6.07 Å². The molecule has 0 atom stereocenters. The van der Waals surface area contributed by atoms with Gasteiger partial charge in [0.2, 0.25) is 0 Å². The van der Waals surface area contributed by atoms with E-state index in [9.17, 15) is 0 Å². The van der Waals surface area contributed by atoms with Crippen LogP contribution in [0.25, 0.3) is 0 Å². The van der Waals surface area contributed by atoms with E-state index < -0.39 is 0 Å². The van der Waals surface area contributed by atoms with Gasteiger partial charge in [0.1, 0.15) is 0 Å². The lowest BCUT2D eigenvalue weighted by atomic mass is 9.93. The highest BCUT2D eigenvalue weighted by Gasteiger charge is 2.21. The summed E-state index contributed by atoms with van der Waals surface area (Å²) in [6, 6.07) is 11.2. The van der Waals surface area contributed by atoms with Gasteiger partial charge in [0, 0.05) is 5.54 Å². The molecule has 12 heavy (non-hydrogen) atoms. The van der Waals surface area contributed by atoms with E-state index in [4.69, 9.17) is 0 Å². The number of benzene rings is 1. The van der Waals surface area contributed by atoms with Crippen LogP contribution in [0.5, 0.6) is 0 Å². The van der Waals surface area contributed by atoms with Crippen LogP contribution in [0.15, 0.2) is 24.3 Å². The molecule has 0 aliphatic heterocycles. The fourth-order valence-electron chi connectivity index (χ4n) is 1.05. The van der Waals surface area contributed by atoms with Gasteiger partial charge in [-0.05, 0) is 39.6 Å². The molecule has 1 heteroatoms. The summed E-state index contributed by atoms with van der Waals surface area (Å²) < 4.78 is 0. The monoisotopic (exact) mass is 162 g/mol. The highest BCUT2D eigenvalue weighted by Crippen LogP contribution is 2.24. The SMILES string of the molecule is CN(C)C(C)(C)c1cc[c]cc1. The molecule has 1 aromatic rings. The van der Waals surface area contributed by atoms with Gasteiger partial charge in [-0.2, -0.15) is 0 Å². The average Bonchev–Trinajstić information content (AvgIpc) is 2.06. The lowest BCUT2D eigenvalue weighted by Crippen LogP contribution is -2.35. The van der Waals surface area contributed by atoms with Crippen molar-refractivity contribution >= 4 is 0 Å². The predicted molar refractivity (Wildman–Crippen MR) is 52.0 cm³/mol. The Labute approximate surface area is 75.0 Å². The van der Waals surface area contributed by atoms with Crippen LogP contribution >= 0.6 is 0 Å². The van der Waals surface area contributed by atoms with Crippen molar-refractivity contribution in [2.24, 2.45) is 0 Å². The Morgan fingerprint density at radius 3 is 2.08 bits per heavy atom. The van der Waals surface area contributed by atoms with Gasteiger partial charge in [-0.1, -0.05) is 24.3 Å². The summed E-state index contributed by atoms with van der Waals surface area (Å²) in [5, 5.41) is 0. The first-order valence-electron chi connectivity index (χ1n) is 4.19. The first kappa shape index (κ1) is 9.27. The van der Waals surface area contributed by atoms with Gasteiger partial charge in [0.25, 0.3) is 0 Å². The van der Waals surface area contributed by atoms with E-state index in [1.807, 2.05) is 12.1 Å². The lowest BCUT2D eigenvalue weighted by molar-refractivity contribution is 0.198. The standard InChI is InChI=1S/C11H16N/c1-11(2,12(3)4)10-8-6-5-7-9-10/h6-9H,1-4H3. The Kier molecular flexibility index (Phi) is 2.53. The summed E-state index contributed by atoms with van der Waals surface area (Å²) in [5.41, 5.74) is 1.43. The van der Waals surface area contributed by atoms with Crippen LogP contribution in [0.1, 0.15) is 19.4 Å². The molecular formula is C11H16N. The first-order chi connectivity index (χ1) is 5.55. The van der Waals surface area contributed by atoms with Crippen LogP contribution in [0.4, 0.5) is 0 Å². The lowest BCUT2D eigenvalue weighted by Gasteiger charge is -2.33. The fourth-order valence-corrected chi connectivity index (χ4v) is 1.05. The van der Waals surface area contributed by atoms with Gasteiger partial charge in [-0.3, -0.25) is 0 Å². The number of rotatable bonds is 2. The fraction of sp³-hybridized carbons (Fsp3) is 0.455. The van der Waals surface area contributed by atoms with Gasteiger partial charge in [0.15, 0.2) is 0 Å². The predicted octanol–water partition coefficient (Wildman–Crippen LogP) is 2.28. The highest BCUT2D eigenvalue weighted by atomic mass is 15.1. The molecule has 0 aliphatic carbocycles. The molecule has 65 valence electrons. The van der Waals surface area contributed by atoms with E-state index in [-0.39, 0.29) is 5.54 Å². The van der Waals surface area contributed by atoms with Crippen molar-refractivity contribution in [2.75, 3.05) is 14.1 Å². The van der Waals surface area contributed by atoms with Crippen LogP contribution in [0.2, 0.25) is 0 Å². The van der Waals surface area contributed by atoms with E-state index in [1.54, 1.807) is 0 Å². The van der Waals surface area contributed by atoms with Crippen LogP contribution in [-0.2, 0) is 5.54 Å². The molecule has 0 saturated carbocycles. The van der Waals surface area contributed by atoms with Crippen molar-refractivity contribution in [1.82, 2.24) is 4.90 Å². The van der Waals surface area contributed by atoms with E-state index in [2.05, 4.69) is 51.0 Å². The minimum atomic E-state index is 0.106. The van der Waals surface area contributed by atoms with E-state index in [0.717, 1.165) is 0 Å². The summed E-state index contributed by atoms with van der Waals surface area (Å²) in [4.78, 5) is 2.21. The minimum Gasteiger partial charge on any atom is -0.300 e. The zero-order valence-corrected chi connectivity index (χ0v) is 8.26. The summed E-state index contributed by atoms with van der Waals surface area (Å²) in [6.07, 6.45) is 0. The first-order valence-corrected chi connectivity index (χ1v) is 4.19. The Morgan fingerprint density at radius 2 is 1.67 bits per heavy atom. The molecule has 1 radical (unpaired) electrons. The zero-order valence-electron chi connectivity index (χ0n) is 8.26. The third-order valence-electron chi connectivity index (χ3n) is 2.54. The Balaban J connectivity index is 2.98. The van der Waals surface area contributed by atoms with Crippen molar-refractivity contribution < 1.29 is 0 Å². The van der Waals surface area contributed by atoms with Crippen molar-refractivity contribution in [3.63, 3.8) is 0 Å². The maximum Gasteiger partial charge on any atom is 0.0398 e. The number of hydrogen-bond acceptors (Lipinski definition) is 1. The van der Waals surface area contributed by atoms with Gasteiger partial charge in [0.05, 0.1) is 0 Å². The maximum absolute atomic E-state index is 3.03. The second-order valence-electron chi connectivity index (χ2n) is 3.74. The van der Waals surface area contributed by atoms with Gasteiger partial charge in [-0.15, -0.1) is 0 Å². The number of nitrogens with zero attached hydrogens (tertiary/aromatic N) is 1. The topological polar surface area (TPSA) is 3.24 Å². The van der Waals surface area contributed by atoms with Crippen molar-refractivity contribution in [3.8, 4) is 0 Å². The number of hydrogen-bond donors (Lipinski definition) is 0. The second kappa shape index (κ2) is 3.28. The molecule has 0 aliphatic rings. The Bertz CT molecular complexity index is 236. The molecule has 0 fully saturated rings. The smallest absolute Gasteiger partial charge is 0.0398 e. The molecule has 1 nitrogen and oxygen atoms in total. The maximum atomic E-state index is 3.03. The van der Waals surface area contributed by atoms with Crippen LogP contribution < -0.4 is 0 Å². The Hall–Kier alpha value is -0.820. The van der Waals surface area contributed by atoms with Gasteiger partial charge < -0.3 is 4.90 Å². The van der Waals surface area contributed by atoms with E-state index in [0.29, 0.717) is 0 Å². The molecule has 0 bridgehead atoms. The van der Waals surface area contributed by atoms with Crippen molar-refractivity contribution in [1.29, 1.82) is 0 Å². The second-order valence-corrected chi connectivity index (χ2v) is 3.74. The third-order valence-corrected chi connectivity index (χ3v) is 2.54. The van der Waals surface area contributed by atoms with Crippen molar-refractivity contribution in [2.45, 2.75) is 19.4 Å². The molecule has 1 rings (SSSR count). The molecule has 0 unspecified atom stereocenters. The van der Waals surface area contributed by atoms with E-state index >= 15 is 0 Å². The largest absolute Gasteiger partial charge is 0.300 e. The van der Waals surface area contributed by atoms with Crippen LogP contribution in [0.3, 0.4) is 0 Å². The molecule has 0 aromatic heterocycles. The summed E-state index contributed by atoms with van der Waals surface area (Å²) in [7, 11) is 4.19. The molecule has 0 N–H and O–H groups in total. The molecule has 1 aromatic carbocycles. The minimum absolute atomic E-state index is 0.106. The summed E-state index contributed by atoms with van der Waals surface area (Å²) in [6.45, 7) is 4.42. The highest BCUT2D eigenvalue weighted by molar-refractivity contribution is 5.21. The van der Waals surface area contributed by atoms with Crippen molar-refractivity contribution in [3.05, 3.63) is 35.9 Å². The quantitative estimate of drug-likeness (QED) is 0.645. The van der Waals surface area contributed by atoms with Gasteiger partial charge in [-0.25, -0.2) is 0 Å². The molecular weight excluding hydrogens is 146 g/mol. The molecule has 0 heterocycles.